The summed E-state index contributed by atoms with van der Waals surface area (Å²) in [5.41, 5.74) is 3.84. The average molecular weight is 545 g/mol. The molecule has 8 heteroatoms. The Kier molecular flexibility index (Phi) is 7.86. The number of hydrogen-bond donors (Lipinski definition) is 1. The van der Waals surface area contributed by atoms with E-state index in [1.54, 1.807) is 30.5 Å². The van der Waals surface area contributed by atoms with Crippen LogP contribution in [0.1, 0.15) is 41.9 Å². The van der Waals surface area contributed by atoms with E-state index in [2.05, 4.69) is 27.4 Å². The number of fused-ring (bicyclic) bond motifs is 1. The lowest BCUT2D eigenvalue weighted by Crippen LogP contribution is -2.42. The van der Waals surface area contributed by atoms with Crippen LogP contribution in [0, 0.1) is 12.8 Å². The third kappa shape index (κ3) is 6.23. The van der Waals surface area contributed by atoms with Gasteiger partial charge in [-0.25, -0.2) is 0 Å². The molecular weight excluding hydrogens is 508 g/mol. The Bertz CT molecular complexity index is 1540. The third-order valence-electron chi connectivity index (χ3n) is 7.71. The van der Waals surface area contributed by atoms with Gasteiger partial charge < -0.3 is 10.2 Å². The Hall–Kier alpha value is -3.49. The lowest BCUT2D eigenvalue weighted by Gasteiger charge is -2.25. The highest BCUT2D eigenvalue weighted by atomic mass is 32.2. The molecule has 1 heterocycles. The van der Waals surface area contributed by atoms with E-state index in [-0.39, 0.29) is 22.8 Å². The largest absolute Gasteiger partial charge is 0.355 e. The zero-order valence-electron chi connectivity index (χ0n) is 22.7. The number of nitrogens with one attached hydrogen (secondary N) is 1. The molecule has 39 heavy (non-hydrogen) atoms. The highest BCUT2D eigenvalue weighted by Crippen LogP contribution is 2.44. The van der Waals surface area contributed by atoms with Crippen molar-refractivity contribution >= 4 is 26.8 Å². The third-order valence-corrected chi connectivity index (χ3v) is 9.32. The number of aryl methyl sites for hydroxylation is 1. The molecule has 7 nitrogen and oxygen atoms in total. The van der Waals surface area contributed by atoms with Gasteiger partial charge in [0.2, 0.25) is 5.91 Å². The van der Waals surface area contributed by atoms with Crippen LogP contribution in [0.15, 0.2) is 83.9 Å². The molecule has 0 saturated heterocycles. The summed E-state index contributed by atoms with van der Waals surface area (Å²) in [7, 11) is 0.236. The quantitative estimate of drug-likeness (QED) is 0.295. The molecule has 0 aliphatic heterocycles. The maximum absolute atomic E-state index is 13.2. The van der Waals surface area contributed by atoms with Crippen molar-refractivity contribution in [3.05, 3.63) is 95.7 Å². The minimum absolute atomic E-state index is 0.0839. The van der Waals surface area contributed by atoms with Gasteiger partial charge in [-0.2, -0.15) is 17.6 Å². The van der Waals surface area contributed by atoms with Gasteiger partial charge in [0.05, 0.1) is 16.6 Å². The molecule has 0 bridgehead atoms. The van der Waals surface area contributed by atoms with Crippen molar-refractivity contribution < 1.29 is 13.2 Å². The molecule has 204 valence electrons. The molecule has 1 aliphatic carbocycles. The summed E-state index contributed by atoms with van der Waals surface area (Å²) in [6.45, 7) is 2.46. The molecule has 1 N–H and O–H groups in total. The van der Waals surface area contributed by atoms with E-state index >= 15 is 0 Å². The average Bonchev–Trinajstić information content (AvgIpc) is 3.68. The van der Waals surface area contributed by atoms with E-state index in [0.717, 1.165) is 20.6 Å². The van der Waals surface area contributed by atoms with Crippen LogP contribution in [0.25, 0.3) is 10.9 Å². The van der Waals surface area contributed by atoms with Crippen LogP contribution in [0.4, 0.5) is 0 Å². The van der Waals surface area contributed by atoms with Gasteiger partial charge in [0.15, 0.2) is 0 Å². The Morgan fingerprint density at radius 1 is 1.05 bits per heavy atom. The fourth-order valence-electron chi connectivity index (χ4n) is 5.16. The first-order valence-corrected chi connectivity index (χ1v) is 14.9. The molecule has 1 aromatic heterocycles. The molecule has 4 aromatic rings. The Morgan fingerprint density at radius 3 is 2.44 bits per heavy atom. The van der Waals surface area contributed by atoms with Gasteiger partial charge in [0.1, 0.15) is 0 Å². The van der Waals surface area contributed by atoms with Crippen LogP contribution in [-0.4, -0.2) is 55.1 Å². The summed E-state index contributed by atoms with van der Waals surface area (Å²) >= 11 is 0. The van der Waals surface area contributed by atoms with Crippen molar-refractivity contribution in [2.45, 2.75) is 49.5 Å². The van der Waals surface area contributed by atoms with Gasteiger partial charge in [0, 0.05) is 24.4 Å². The molecule has 0 unspecified atom stereocenters. The number of carbonyl (C=O) groups excluding carboxylic acids is 1. The minimum atomic E-state index is -3.79. The molecule has 1 aliphatic rings. The summed E-state index contributed by atoms with van der Waals surface area (Å²) in [5, 5.41) is 8.15. The number of amides is 1. The number of hydrogen-bond acceptors (Lipinski definition) is 5. The first kappa shape index (κ1) is 27.1. The SMILES string of the molecule is Cc1ccc(S(=O)(=O)n2ncc3cc(C[C@@H](CNC(=O)C[C@@H](c4ccccc4)C4CC4)N(C)C)ccc32)cc1. The number of benzene rings is 3. The lowest BCUT2D eigenvalue weighted by atomic mass is 9.90. The summed E-state index contributed by atoms with van der Waals surface area (Å²) in [6, 6.07) is 23.0. The highest BCUT2D eigenvalue weighted by molar-refractivity contribution is 7.90. The molecule has 1 saturated carbocycles. The molecular formula is C31H36N4O3S. The molecule has 1 fully saturated rings. The van der Waals surface area contributed by atoms with E-state index in [9.17, 15) is 13.2 Å². The number of likely N-dealkylation sites (N-methyl/N-ethyl adjacent to an activating group) is 1. The molecule has 3 aromatic carbocycles. The van der Waals surface area contributed by atoms with Gasteiger partial charge in [-0.05, 0) is 87.5 Å². The second kappa shape index (κ2) is 11.3. The monoisotopic (exact) mass is 544 g/mol. The second-order valence-corrected chi connectivity index (χ2v) is 12.7. The molecule has 0 spiro atoms. The highest BCUT2D eigenvalue weighted by Gasteiger charge is 2.33. The predicted octanol–water partition coefficient (Wildman–Crippen LogP) is 4.75. The maximum atomic E-state index is 13.2. The zero-order chi connectivity index (χ0) is 27.6. The van der Waals surface area contributed by atoms with Crippen LogP contribution in [-0.2, 0) is 21.2 Å². The molecule has 1 amide bonds. The van der Waals surface area contributed by atoms with Crippen LogP contribution < -0.4 is 5.32 Å². The predicted molar refractivity (Wildman–Crippen MR) is 154 cm³/mol. The normalized spacial score (nSPS) is 15.4. The smallest absolute Gasteiger partial charge is 0.283 e. The van der Waals surface area contributed by atoms with Crippen molar-refractivity contribution in [3.8, 4) is 0 Å². The maximum Gasteiger partial charge on any atom is 0.283 e. The molecule has 2 atom stereocenters. The van der Waals surface area contributed by atoms with E-state index in [0.29, 0.717) is 30.8 Å². The van der Waals surface area contributed by atoms with E-state index in [4.69, 9.17) is 0 Å². The Labute approximate surface area is 230 Å². The summed E-state index contributed by atoms with van der Waals surface area (Å²) in [4.78, 5) is 15.3. The molecule has 0 radical (unpaired) electrons. The van der Waals surface area contributed by atoms with Crippen LogP contribution >= 0.6 is 0 Å². The van der Waals surface area contributed by atoms with Gasteiger partial charge in [-0.1, -0.05) is 54.1 Å². The fourth-order valence-corrected chi connectivity index (χ4v) is 6.43. The fraction of sp³-hybridized carbons (Fsp3) is 0.355. The zero-order valence-corrected chi connectivity index (χ0v) is 23.6. The number of carbonyl (C=O) groups is 1. The van der Waals surface area contributed by atoms with Gasteiger partial charge in [-0.3, -0.25) is 4.79 Å². The standard InChI is InChI=1S/C31H36N4O3S/c1-22-9-14-28(15-10-22)39(37,38)35-30-16-11-23(17-26(30)20-33-35)18-27(34(2)3)21-32-31(36)19-29(25-12-13-25)24-7-5-4-6-8-24/h4-11,14-17,20,25,27,29H,12-13,18-19,21H2,1-3H3,(H,32,36)/t27-,29-/m0/s1. The summed E-state index contributed by atoms with van der Waals surface area (Å²) in [5.74, 6) is 0.963. The Morgan fingerprint density at radius 2 is 1.77 bits per heavy atom. The van der Waals surface area contributed by atoms with Crippen molar-refractivity contribution in [1.29, 1.82) is 0 Å². The summed E-state index contributed by atoms with van der Waals surface area (Å²) in [6.07, 6.45) is 5.20. The first-order valence-electron chi connectivity index (χ1n) is 13.5. The Balaban J connectivity index is 1.25. The number of aromatic nitrogens is 2. The first-order chi connectivity index (χ1) is 18.7. The van der Waals surface area contributed by atoms with Gasteiger partial charge >= 0.3 is 0 Å². The number of rotatable bonds is 11. The summed E-state index contributed by atoms with van der Waals surface area (Å²) < 4.78 is 27.5. The second-order valence-electron chi connectivity index (χ2n) is 10.9. The van der Waals surface area contributed by atoms with Crippen LogP contribution in [0.3, 0.4) is 0 Å². The van der Waals surface area contributed by atoms with Crippen molar-refractivity contribution in [2.75, 3.05) is 20.6 Å². The van der Waals surface area contributed by atoms with E-state index in [1.165, 1.54) is 18.4 Å². The van der Waals surface area contributed by atoms with Crippen molar-refractivity contribution in [1.82, 2.24) is 19.4 Å². The van der Waals surface area contributed by atoms with Crippen molar-refractivity contribution in [3.63, 3.8) is 0 Å². The van der Waals surface area contributed by atoms with Gasteiger partial charge in [-0.15, -0.1) is 0 Å². The minimum Gasteiger partial charge on any atom is -0.355 e. The van der Waals surface area contributed by atoms with E-state index < -0.39 is 10.0 Å². The van der Waals surface area contributed by atoms with E-state index in [1.807, 2.05) is 57.4 Å². The number of nitrogens with zero attached hydrogens (tertiary/aromatic N) is 3. The molecule has 5 rings (SSSR count). The van der Waals surface area contributed by atoms with Gasteiger partial charge in [0.25, 0.3) is 10.0 Å². The topological polar surface area (TPSA) is 84.3 Å². The van der Waals surface area contributed by atoms with Crippen LogP contribution in [0.2, 0.25) is 0 Å². The van der Waals surface area contributed by atoms with Crippen LogP contribution in [0.5, 0.6) is 0 Å². The lowest BCUT2D eigenvalue weighted by molar-refractivity contribution is -0.121. The van der Waals surface area contributed by atoms with Crippen molar-refractivity contribution in [2.24, 2.45) is 5.92 Å².